The minimum absolute atomic E-state index is 0.0688. The Kier molecular flexibility index (Phi) is 4.64. The fourth-order valence-electron chi connectivity index (χ4n) is 1.90. The van der Waals surface area contributed by atoms with Crippen LogP contribution in [0.4, 0.5) is 4.39 Å². The lowest BCUT2D eigenvalue weighted by molar-refractivity contribution is -0.278. The fourth-order valence-corrected chi connectivity index (χ4v) is 1.90. The average molecular weight is 235 g/mol. The highest BCUT2D eigenvalue weighted by molar-refractivity contribution is 5.66. The second-order valence-electron chi connectivity index (χ2n) is 4.13. The molecule has 1 aliphatic rings. The van der Waals surface area contributed by atoms with Gasteiger partial charge in [0.25, 0.3) is 0 Å². The van der Waals surface area contributed by atoms with Gasteiger partial charge in [-0.05, 0) is 5.92 Å². The van der Waals surface area contributed by atoms with Crippen molar-refractivity contribution in [1.82, 2.24) is 0 Å². The summed E-state index contributed by atoms with van der Waals surface area (Å²) in [6.45, 7) is 4.39. The Morgan fingerprint density at radius 2 is 2.06 bits per heavy atom. The van der Waals surface area contributed by atoms with Gasteiger partial charge < -0.3 is 9.47 Å². The molecule has 0 radical (unpaired) electrons. The van der Waals surface area contributed by atoms with Gasteiger partial charge in [0, 0.05) is 12.8 Å². The topological polar surface area (TPSA) is 70.8 Å². The molecule has 1 aliphatic heterocycles. The molecule has 0 aromatic heterocycles. The predicted molar refractivity (Wildman–Crippen MR) is 53.8 cm³/mol. The molecule has 0 spiro atoms. The Labute approximate surface area is 94.0 Å². The van der Waals surface area contributed by atoms with Crippen molar-refractivity contribution in [2.75, 3.05) is 6.67 Å². The van der Waals surface area contributed by atoms with E-state index in [4.69, 9.17) is 15.4 Å². The van der Waals surface area contributed by atoms with Gasteiger partial charge in [0.2, 0.25) is 6.29 Å². The van der Waals surface area contributed by atoms with Crippen molar-refractivity contribution in [2.45, 2.75) is 39.3 Å². The van der Waals surface area contributed by atoms with E-state index >= 15 is 0 Å². The first kappa shape index (κ1) is 13.3. The van der Waals surface area contributed by atoms with Gasteiger partial charge in [0.05, 0.1) is 6.10 Å². The minimum atomic E-state index is -0.907. The Balaban J connectivity index is 2.77. The zero-order valence-corrected chi connectivity index (χ0v) is 9.68. The highest BCUT2D eigenvalue weighted by atomic mass is 19.1. The van der Waals surface area contributed by atoms with E-state index in [2.05, 4.69) is 4.84 Å². The van der Waals surface area contributed by atoms with E-state index in [9.17, 15) is 9.18 Å². The molecule has 0 aromatic rings. The van der Waals surface area contributed by atoms with Gasteiger partial charge in [0.15, 0.2) is 6.10 Å². The van der Waals surface area contributed by atoms with Gasteiger partial charge in [-0.25, -0.2) is 10.3 Å². The maximum Gasteiger partial charge on any atom is 0.303 e. The van der Waals surface area contributed by atoms with E-state index < -0.39 is 31.1 Å². The number of esters is 1. The largest absolute Gasteiger partial charge is 0.457 e. The molecule has 1 rings (SSSR count). The van der Waals surface area contributed by atoms with Crippen molar-refractivity contribution < 1.29 is 23.5 Å². The Hall–Kier alpha value is -0.720. The van der Waals surface area contributed by atoms with Crippen molar-refractivity contribution >= 4 is 5.97 Å². The molecule has 5 nitrogen and oxygen atoms in total. The molecule has 94 valence electrons. The average Bonchev–Trinajstić information content (AvgIpc) is 2.25. The SMILES string of the molecule is CC(=O)O[C@H]1C(ON)O[C@H](CF)[C@H](C)C1C. The van der Waals surface area contributed by atoms with Crippen LogP contribution in [0.5, 0.6) is 0 Å². The lowest BCUT2D eigenvalue weighted by Gasteiger charge is -2.41. The maximum absolute atomic E-state index is 12.7. The monoisotopic (exact) mass is 235 g/mol. The van der Waals surface area contributed by atoms with Crippen LogP contribution >= 0.6 is 0 Å². The predicted octanol–water partition coefficient (Wildman–Crippen LogP) is 0.775. The van der Waals surface area contributed by atoms with Crippen LogP contribution in [0.3, 0.4) is 0 Å². The van der Waals surface area contributed by atoms with Gasteiger partial charge in [-0.1, -0.05) is 13.8 Å². The normalized spacial score (nSPS) is 39.4. The van der Waals surface area contributed by atoms with Crippen LogP contribution in [0.25, 0.3) is 0 Å². The first-order valence-electron chi connectivity index (χ1n) is 5.25. The van der Waals surface area contributed by atoms with Crippen molar-refractivity contribution in [3.05, 3.63) is 0 Å². The Morgan fingerprint density at radius 3 is 2.50 bits per heavy atom. The van der Waals surface area contributed by atoms with E-state index in [-0.39, 0.29) is 11.8 Å². The summed E-state index contributed by atoms with van der Waals surface area (Å²) >= 11 is 0. The number of carbonyl (C=O) groups excluding carboxylic acids is 1. The van der Waals surface area contributed by atoms with Gasteiger partial charge in [0.1, 0.15) is 6.67 Å². The molecule has 0 aliphatic carbocycles. The molecule has 0 aromatic carbocycles. The number of carbonyl (C=O) groups is 1. The first-order valence-corrected chi connectivity index (χ1v) is 5.25. The molecule has 0 bridgehead atoms. The summed E-state index contributed by atoms with van der Waals surface area (Å²) in [5, 5.41) is 0. The van der Waals surface area contributed by atoms with E-state index in [1.54, 1.807) is 0 Å². The number of alkyl halides is 1. The number of hydrogen-bond acceptors (Lipinski definition) is 5. The summed E-state index contributed by atoms with van der Waals surface area (Å²) in [5.41, 5.74) is 0. The number of nitrogens with two attached hydrogens (primary N) is 1. The van der Waals surface area contributed by atoms with E-state index in [1.165, 1.54) is 6.92 Å². The van der Waals surface area contributed by atoms with Gasteiger partial charge in [-0.3, -0.25) is 9.63 Å². The quantitative estimate of drug-likeness (QED) is 0.578. The fraction of sp³-hybridized carbons (Fsp3) is 0.900. The first-order chi connectivity index (χ1) is 7.51. The third kappa shape index (κ3) is 2.69. The number of hydrogen-bond donors (Lipinski definition) is 1. The number of halogens is 1. The smallest absolute Gasteiger partial charge is 0.303 e. The molecule has 1 heterocycles. The van der Waals surface area contributed by atoms with Gasteiger partial charge in [-0.15, -0.1) is 0 Å². The Bertz CT molecular complexity index is 249. The molecule has 2 unspecified atom stereocenters. The second kappa shape index (κ2) is 5.56. The third-order valence-corrected chi connectivity index (χ3v) is 3.10. The van der Waals surface area contributed by atoms with Crippen LogP contribution < -0.4 is 5.90 Å². The summed E-state index contributed by atoms with van der Waals surface area (Å²) in [5.74, 6) is 4.47. The molecule has 6 heteroatoms. The van der Waals surface area contributed by atoms with Crippen molar-refractivity contribution in [1.29, 1.82) is 0 Å². The standard InChI is InChI=1S/C10H18FNO4/c1-5-6(2)9(14-7(3)13)10(16-12)15-8(5)4-11/h5-6,8-10H,4,12H2,1-3H3/t5-,6?,8-,9-,10?/m1/s1. The van der Waals surface area contributed by atoms with Crippen LogP contribution in [0, 0.1) is 11.8 Å². The van der Waals surface area contributed by atoms with Crippen LogP contribution in [0.15, 0.2) is 0 Å². The van der Waals surface area contributed by atoms with E-state index in [0.29, 0.717) is 0 Å². The van der Waals surface area contributed by atoms with Crippen molar-refractivity contribution in [2.24, 2.45) is 17.7 Å². The zero-order chi connectivity index (χ0) is 12.3. The van der Waals surface area contributed by atoms with Gasteiger partial charge in [-0.2, -0.15) is 0 Å². The van der Waals surface area contributed by atoms with Crippen LogP contribution in [-0.4, -0.2) is 31.1 Å². The highest BCUT2D eigenvalue weighted by Crippen LogP contribution is 2.32. The molecule has 0 amide bonds. The maximum atomic E-state index is 12.7. The summed E-state index contributed by atoms with van der Waals surface area (Å²) in [6, 6.07) is 0. The Morgan fingerprint density at radius 1 is 1.44 bits per heavy atom. The second-order valence-corrected chi connectivity index (χ2v) is 4.13. The lowest BCUT2D eigenvalue weighted by Crippen LogP contribution is -2.53. The van der Waals surface area contributed by atoms with Crippen LogP contribution in [-0.2, 0) is 19.1 Å². The van der Waals surface area contributed by atoms with E-state index in [0.717, 1.165) is 0 Å². The van der Waals surface area contributed by atoms with Crippen LogP contribution in [0.2, 0.25) is 0 Å². The summed E-state index contributed by atoms with van der Waals surface area (Å²) in [7, 11) is 0. The molecule has 0 saturated carbocycles. The molecule has 16 heavy (non-hydrogen) atoms. The molecule has 2 N–H and O–H groups in total. The number of ether oxygens (including phenoxy) is 2. The molecule has 5 atom stereocenters. The van der Waals surface area contributed by atoms with E-state index in [1.807, 2.05) is 13.8 Å². The highest BCUT2D eigenvalue weighted by Gasteiger charge is 2.44. The van der Waals surface area contributed by atoms with Crippen molar-refractivity contribution in [3.8, 4) is 0 Å². The number of rotatable bonds is 3. The minimum Gasteiger partial charge on any atom is -0.457 e. The lowest BCUT2D eigenvalue weighted by atomic mass is 9.84. The van der Waals surface area contributed by atoms with Crippen LogP contribution in [0.1, 0.15) is 20.8 Å². The summed E-state index contributed by atoms with van der Waals surface area (Å²) in [6.07, 6.45) is -2.08. The molecule has 1 saturated heterocycles. The zero-order valence-electron chi connectivity index (χ0n) is 9.68. The van der Waals surface area contributed by atoms with Gasteiger partial charge >= 0.3 is 5.97 Å². The molecular weight excluding hydrogens is 217 g/mol. The summed E-state index contributed by atoms with van der Waals surface area (Å²) in [4.78, 5) is 15.5. The molecule has 1 fully saturated rings. The van der Waals surface area contributed by atoms with Crippen molar-refractivity contribution in [3.63, 3.8) is 0 Å². The summed E-state index contributed by atoms with van der Waals surface area (Å²) < 4.78 is 23.0. The third-order valence-electron chi connectivity index (χ3n) is 3.10. The molecular formula is C10H18FNO4.